The molecule has 0 spiro atoms. The summed E-state index contributed by atoms with van der Waals surface area (Å²) in [6, 6.07) is 5.26. The van der Waals surface area contributed by atoms with Gasteiger partial charge in [0.05, 0.1) is 17.9 Å². The summed E-state index contributed by atoms with van der Waals surface area (Å²) in [7, 11) is 0. The maximum Gasteiger partial charge on any atom is 0.257 e. The van der Waals surface area contributed by atoms with Crippen LogP contribution in [0.2, 0.25) is 0 Å². The topological polar surface area (TPSA) is 75.8 Å². The third-order valence-electron chi connectivity index (χ3n) is 3.67. The average molecular weight is 278 g/mol. The van der Waals surface area contributed by atoms with E-state index in [-0.39, 0.29) is 12.5 Å². The Kier molecular flexibility index (Phi) is 4.84. The number of rotatable bonds is 5. The zero-order chi connectivity index (χ0) is 14.5. The van der Waals surface area contributed by atoms with Crippen LogP contribution < -0.4 is 10.5 Å². The molecule has 1 saturated heterocycles. The molecular formula is C15H22N2O3. The average Bonchev–Trinajstić information content (AvgIpc) is 2.89. The van der Waals surface area contributed by atoms with E-state index in [9.17, 15) is 4.79 Å². The Morgan fingerprint density at radius 2 is 2.35 bits per heavy atom. The molecular weight excluding hydrogens is 256 g/mol. The summed E-state index contributed by atoms with van der Waals surface area (Å²) < 4.78 is 5.51. The van der Waals surface area contributed by atoms with E-state index in [4.69, 9.17) is 15.6 Å². The molecule has 0 aliphatic carbocycles. The number of hydrogen-bond donors (Lipinski definition) is 2. The maximum absolute atomic E-state index is 12.6. The van der Waals surface area contributed by atoms with E-state index in [1.807, 2.05) is 11.8 Å². The third kappa shape index (κ3) is 3.04. The Balaban J connectivity index is 2.15. The third-order valence-corrected chi connectivity index (χ3v) is 3.67. The van der Waals surface area contributed by atoms with Crippen molar-refractivity contribution >= 4 is 11.6 Å². The lowest BCUT2D eigenvalue weighted by Crippen LogP contribution is -2.29. The van der Waals surface area contributed by atoms with Crippen molar-refractivity contribution in [3.8, 4) is 5.75 Å². The number of hydrogen-bond acceptors (Lipinski definition) is 4. The lowest BCUT2D eigenvalue weighted by molar-refractivity contribution is 0.0780. The maximum atomic E-state index is 12.6. The molecule has 110 valence electrons. The fraction of sp³-hybridized carbons (Fsp3) is 0.533. The first kappa shape index (κ1) is 14.7. The van der Waals surface area contributed by atoms with Gasteiger partial charge in [-0.2, -0.15) is 0 Å². The first-order chi connectivity index (χ1) is 9.67. The summed E-state index contributed by atoms with van der Waals surface area (Å²) in [6.07, 6.45) is 1.69. The van der Waals surface area contributed by atoms with Crippen molar-refractivity contribution in [3.05, 3.63) is 23.8 Å². The Morgan fingerprint density at radius 3 is 3.05 bits per heavy atom. The first-order valence-electron chi connectivity index (χ1n) is 7.08. The quantitative estimate of drug-likeness (QED) is 0.801. The van der Waals surface area contributed by atoms with Gasteiger partial charge < -0.3 is 20.5 Å². The molecule has 2 rings (SSSR count). The van der Waals surface area contributed by atoms with Crippen LogP contribution in [-0.2, 0) is 0 Å². The van der Waals surface area contributed by atoms with Gasteiger partial charge in [0.15, 0.2) is 5.75 Å². The number of aliphatic hydroxyl groups excluding tert-OH is 1. The van der Waals surface area contributed by atoms with Gasteiger partial charge in [-0.25, -0.2) is 0 Å². The van der Waals surface area contributed by atoms with E-state index in [2.05, 4.69) is 0 Å². The predicted molar refractivity (Wildman–Crippen MR) is 77.7 cm³/mol. The highest BCUT2D eigenvalue weighted by molar-refractivity contribution is 5.98. The number of amides is 1. The normalized spacial score (nSPS) is 18.3. The highest BCUT2D eigenvalue weighted by atomic mass is 16.5. The van der Waals surface area contributed by atoms with E-state index < -0.39 is 0 Å². The summed E-state index contributed by atoms with van der Waals surface area (Å²) in [5.41, 5.74) is 6.90. The molecule has 20 heavy (non-hydrogen) atoms. The summed E-state index contributed by atoms with van der Waals surface area (Å²) >= 11 is 0. The predicted octanol–water partition coefficient (Wildman–Crippen LogP) is 1.51. The zero-order valence-corrected chi connectivity index (χ0v) is 11.8. The molecule has 1 amide bonds. The Morgan fingerprint density at radius 1 is 1.55 bits per heavy atom. The largest absolute Gasteiger partial charge is 0.491 e. The fourth-order valence-corrected chi connectivity index (χ4v) is 2.63. The molecule has 1 aliphatic heterocycles. The van der Waals surface area contributed by atoms with Crippen LogP contribution in [0.5, 0.6) is 5.75 Å². The molecule has 0 bridgehead atoms. The van der Waals surface area contributed by atoms with E-state index in [0.717, 1.165) is 19.4 Å². The van der Waals surface area contributed by atoms with Crippen molar-refractivity contribution in [1.29, 1.82) is 0 Å². The van der Waals surface area contributed by atoms with Crippen LogP contribution in [0.3, 0.4) is 0 Å². The molecule has 1 aromatic carbocycles. The second-order valence-corrected chi connectivity index (χ2v) is 5.08. The lowest BCUT2D eigenvalue weighted by atomic mass is 10.1. The monoisotopic (exact) mass is 278 g/mol. The van der Waals surface area contributed by atoms with Gasteiger partial charge in [0, 0.05) is 19.7 Å². The SMILES string of the molecule is CCOc1c(N)cccc1C(=O)N1CCC(CCO)C1. The van der Waals surface area contributed by atoms with Gasteiger partial charge >= 0.3 is 0 Å². The van der Waals surface area contributed by atoms with Gasteiger partial charge in [-0.1, -0.05) is 6.07 Å². The van der Waals surface area contributed by atoms with Crippen LogP contribution in [0.25, 0.3) is 0 Å². The number of nitrogen functional groups attached to an aromatic ring is 1. The number of carbonyl (C=O) groups excluding carboxylic acids is 1. The van der Waals surface area contributed by atoms with Gasteiger partial charge in [0.1, 0.15) is 0 Å². The molecule has 1 aromatic rings. The van der Waals surface area contributed by atoms with Crippen LogP contribution in [0.4, 0.5) is 5.69 Å². The van der Waals surface area contributed by atoms with Crippen LogP contribution in [0, 0.1) is 5.92 Å². The minimum Gasteiger partial charge on any atom is -0.491 e. The standard InChI is InChI=1S/C15H22N2O3/c1-2-20-14-12(4-3-5-13(14)16)15(19)17-8-6-11(10-17)7-9-18/h3-5,11,18H,2,6-10,16H2,1H3. The number of nitrogens with two attached hydrogens (primary N) is 1. The van der Waals surface area contributed by atoms with Crippen LogP contribution >= 0.6 is 0 Å². The first-order valence-corrected chi connectivity index (χ1v) is 7.08. The van der Waals surface area contributed by atoms with Crippen LogP contribution in [0.15, 0.2) is 18.2 Å². The van der Waals surface area contributed by atoms with E-state index in [1.165, 1.54) is 0 Å². The number of para-hydroxylation sites is 1. The molecule has 5 heteroatoms. The number of benzene rings is 1. The molecule has 1 heterocycles. The molecule has 0 radical (unpaired) electrons. The molecule has 1 aliphatic rings. The Bertz CT molecular complexity index is 476. The minimum atomic E-state index is -0.0406. The van der Waals surface area contributed by atoms with Gasteiger partial charge in [0.2, 0.25) is 0 Å². The second kappa shape index (κ2) is 6.61. The molecule has 1 unspecified atom stereocenters. The lowest BCUT2D eigenvalue weighted by Gasteiger charge is -2.19. The molecule has 5 nitrogen and oxygen atoms in total. The van der Waals surface area contributed by atoms with E-state index in [1.54, 1.807) is 18.2 Å². The molecule has 1 atom stereocenters. The fourth-order valence-electron chi connectivity index (χ4n) is 2.63. The number of anilines is 1. The number of ether oxygens (including phenoxy) is 1. The Labute approximate surface area is 119 Å². The molecule has 1 fully saturated rings. The highest BCUT2D eigenvalue weighted by Crippen LogP contribution is 2.29. The van der Waals surface area contributed by atoms with Crippen LogP contribution in [-0.4, -0.2) is 42.2 Å². The minimum absolute atomic E-state index is 0.0406. The smallest absolute Gasteiger partial charge is 0.257 e. The summed E-state index contributed by atoms with van der Waals surface area (Å²) in [5.74, 6) is 0.826. The van der Waals surface area contributed by atoms with Crippen molar-refractivity contribution in [2.45, 2.75) is 19.8 Å². The summed E-state index contributed by atoms with van der Waals surface area (Å²) in [6.45, 7) is 3.94. The summed E-state index contributed by atoms with van der Waals surface area (Å²) in [4.78, 5) is 14.4. The number of nitrogens with zero attached hydrogens (tertiary/aromatic N) is 1. The Hall–Kier alpha value is -1.75. The van der Waals surface area contributed by atoms with Crippen molar-refractivity contribution in [3.63, 3.8) is 0 Å². The number of aliphatic hydroxyl groups is 1. The van der Waals surface area contributed by atoms with Gasteiger partial charge in [-0.15, -0.1) is 0 Å². The molecule has 0 aromatic heterocycles. The zero-order valence-electron chi connectivity index (χ0n) is 11.8. The van der Waals surface area contributed by atoms with Crippen molar-refractivity contribution in [1.82, 2.24) is 4.90 Å². The van der Waals surface area contributed by atoms with E-state index >= 15 is 0 Å². The second-order valence-electron chi connectivity index (χ2n) is 5.08. The summed E-state index contributed by atoms with van der Waals surface area (Å²) in [5, 5.41) is 8.98. The van der Waals surface area contributed by atoms with Gasteiger partial charge in [-0.3, -0.25) is 4.79 Å². The number of likely N-dealkylation sites (tertiary alicyclic amines) is 1. The van der Waals surface area contributed by atoms with E-state index in [0.29, 0.717) is 36.1 Å². The van der Waals surface area contributed by atoms with Crippen LogP contribution in [0.1, 0.15) is 30.1 Å². The van der Waals surface area contributed by atoms with Gasteiger partial charge in [-0.05, 0) is 37.8 Å². The van der Waals surface area contributed by atoms with Crippen molar-refractivity contribution < 1.29 is 14.6 Å². The van der Waals surface area contributed by atoms with Crippen molar-refractivity contribution in [2.75, 3.05) is 32.0 Å². The molecule has 3 N–H and O–H groups in total. The highest BCUT2D eigenvalue weighted by Gasteiger charge is 2.28. The number of carbonyl (C=O) groups is 1. The van der Waals surface area contributed by atoms with Crippen molar-refractivity contribution in [2.24, 2.45) is 5.92 Å². The van der Waals surface area contributed by atoms with Gasteiger partial charge in [0.25, 0.3) is 5.91 Å². The molecule has 0 saturated carbocycles.